The molecule has 0 nitrogen and oxygen atoms in total. The summed E-state index contributed by atoms with van der Waals surface area (Å²) in [7, 11) is 111. The Balaban J connectivity index is 7.15. The highest BCUT2D eigenvalue weighted by Crippen LogP contribution is 2.11. The van der Waals surface area contributed by atoms with Gasteiger partial charge < -0.3 is 0 Å². The summed E-state index contributed by atoms with van der Waals surface area (Å²) in [5.74, 6) is 0. The van der Waals surface area contributed by atoms with Crippen LogP contribution < -0.4 is 0 Å². The lowest BCUT2D eigenvalue weighted by atomic mass is 8.34. The van der Waals surface area contributed by atoms with Crippen molar-refractivity contribution >= 4 is 248 Å². The summed E-state index contributed by atoms with van der Waals surface area (Å²) >= 11 is 0. The van der Waals surface area contributed by atoms with Crippen molar-refractivity contribution in [3.05, 3.63) is 0 Å². The molecule has 37 radical (unpaired) electrons. The Kier molecular flexibility index (Phi) is 18.3. The molecule has 0 aliphatic heterocycles. The van der Waals surface area contributed by atoms with E-state index in [1.807, 2.05) is 0 Å². The number of hydrogen-bond donors (Lipinski definition) is 0. The van der Waals surface area contributed by atoms with Crippen LogP contribution >= 0.6 is 0 Å². The zero-order valence-corrected chi connectivity index (χ0v) is 20.2. The second kappa shape index (κ2) is 17.2. The van der Waals surface area contributed by atoms with Gasteiger partial charge in [-0.15, -0.1) is 0 Å². The second-order valence-corrected chi connectivity index (χ2v) is 9.43. The molecule has 0 aromatic carbocycles. The third kappa shape index (κ3) is 11.0. The van der Waals surface area contributed by atoms with Gasteiger partial charge in [0.15, 0.2) is 0 Å². The Labute approximate surface area is 247 Å². The molecule has 0 bridgehead atoms. The first-order valence-corrected chi connectivity index (χ1v) is 11.3. The van der Waals surface area contributed by atoms with Crippen LogP contribution in [0.25, 0.3) is 0 Å². The smallest absolute Gasteiger partial charge is 0 e. The van der Waals surface area contributed by atoms with E-state index < -0.39 is 102 Å². The van der Waals surface area contributed by atoms with E-state index in [1.165, 1.54) is 0 Å². The molecular formula is B35. The normalized spacial score (nSPS) is 9.49. The van der Waals surface area contributed by atoms with Crippen LogP contribution in [0.4, 0.5) is 0 Å². The monoisotopic (exact) mass is 385 g/mol. The van der Waals surface area contributed by atoms with E-state index in [9.17, 15) is 0 Å². The third-order valence-electron chi connectivity index (χ3n) is 6.67. The minimum Gasteiger partial charge on any atom is 0 e. The molecule has 0 atom stereocenters. The zero-order chi connectivity index (χ0) is 27.9. The van der Waals surface area contributed by atoms with Gasteiger partial charge in [0.2, 0.25) is 0 Å². The average Bonchev–Trinajstić information content (AvgIpc) is 2.62. The fraction of sp³-hybridized carbons (Fsp3) is 0. The van der Waals surface area contributed by atoms with Crippen LogP contribution in [0.15, 0.2) is 0 Å². The summed E-state index contributed by atoms with van der Waals surface area (Å²) in [6.45, 7) is 0. The second-order valence-electron chi connectivity index (χ2n) is 9.43. The highest BCUT2D eigenvalue weighted by atomic mass is 13.3. The van der Waals surface area contributed by atoms with Gasteiger partial charge in [0.25, 0.3) is 0 Å². The molecule has 0 amide bonds. The van der Waals surface area contributed by atoms with E-state index in [4.69, 9.17) is 139 Å². The largest absolute Gasteiger partial charge is 0 e. The predicted molar refractivity (Wildman–Crippen MR) is 201 cm³/mol. The van der Waals surface area contributed by atoms with Crippen molar-refractivity contribution in [2.75, 3.05) is 0 Å². The molecule has 105 valence electrons. The van der Waals surface area contributed by atoms with E-state index in [1.54, 1.807) is 7.06 Å². The molecule has 0 aliphatic carbocycles. The van der Waals surface area contributed by atoms with Crippen molar-refractivity contribution in [3.63, 3.8) is 0 Å². The Morgan fingerprint density at radius 3 is 0.571 bits per heavy atom. The van der Waals surface area contributed by atoms with Crippen LogP contribution in [0.5, 0.6) is 0 Å². The first-order valence-electron chi connectivity index (χ1n) is 11.3. The molecule has 0 aromatic rings. The topological polar surface area (TPSA) is 0 Å². The molecule has 0 unspecified atom stereocenters. The van der Waals surface area contributed by atoms with Crippen molar-refractivity contribution in [3.8, 4) is 0 Å². The SMILES string of the molecule is [B]B([B])B(B([B])[B])B([B]B(B(B([B])[B])B([B])[B])B(B([B])[B])B(B([B])[B])B([B])[B])B(B([B])[B])B([B])[B]. The average molecular weight is 378 g/mol. The van der Waals surface area contributed by atoms with Crippen molar-refractivity contribution in [2.24, 2.45) is 0 Å². The summed E-state index contributed by atoms with van der Waals surface area (Å²) < 4.78 is 0. The maximum absolute atomic E-state index is 6.19. The highest BCUT2D eigenvalue weighted by Gasteiger charge is 2.49. The van der Waals surface area contributed by atoms with E-state index in [-0.39, 0.29) is 0 Å². The van der Waals surface area contributed by atoms with Crippen LogP contribution in [0.1, 0.15) is 0 Å². The molecule has 0 saturated carbocycles. The molecule has 0 spiro atoms. The summed E-state index contributed by atoms with van der Waals surface area (Å²) in [4.78, 5) is 0. The molecule has 0 heterocycles. The lowest BCUT2D eigenvalue weighted by Gasteiger charge is -2.47. The third-order valence-corrected chi connectivity index (χ3v) is 6.67. The van der Waals surface area contributed by atoms with Gasteiger partial charge in [-0.05, 0) is 0 Å². The summed E-state index contributed by atoms with van der Waals surface area (Å²) in [6.07, 6.45) is -15.5. The van der Waals surface area contributed by atoms with E-state index in [0.717, 1.165) is 0 Å². The van der Waals surface area contributed by atoms with Gasteiger partial charge in [0.05, 0.1) is 0 Å². The molecule has 35 heteroatoms. The van der Waals surface area contributed by atoms with E-state index in [2.05, 4.69) is 0 Å². The molecule has 0 saturated heterocycles. The van der Waals surface area contributed by atoms with Gasteiger partial charge >= 0.3 is 0 Å². The first kappa shape index (κ1) is 37.3. The van der Waals surface area contributed by atoms with Gasteiger partial charge in [-0.1, -0.05) is 0 Å². The van der Waals surface area contributed by atoms with Crippen LogP contribution in [0.3, 0.4) is 0 Å². The lowest BCUT2D eigenvalue weighted by Crippen LogP contribution is -2.85. The van der Waals surface area contributed by atoms with Gasteiger partial charge in [0, 0.05) is 248 Å². The summed E-state index contributed by atoms with van der Waals surface area (Å²) in [5.41, 5.74) is 0. The number of rotatable bonds is 16. The fourth-order valence-corrected chi connectivity index (χ4v) is 5.13. The van der Waals surface area contributed by atoms with E-state index >= 15 is 0 Å². The highest BCUT2D eigenvalue weighted by molar-refractivity contribution is 8.24. The minimum atomic E-state index is -1.10. The minimum absolute atomic E-state index is 0.829. The van der Waals surface area contributed by atoms with Crippen molar-refractivity contribution in [1.29, 1.82) is 0 Å². The first-order chi connectivity index (χ1) is 15.9. The molecule has 0 N–H and O–H groups in total. The van der Waals surface area contributed by atoms with Crippen LogP contribution in [0.2, 0.25) is 0 Å². The summed E-state index contributed by atoms with van der Waals surface area (Å²) in [6, 6.07) is 0. The van der Waals surface area contributed by atoms with Gasteiger partial charge in [-0.25, -0.2) is 0 Å². The van der Waals surface area contributed by atoms with Gasteiger partial charge in [-0.3, -0.25) is 0 Å². The van der Waals surface area contributed by atoms with Gasteiger partial charge in [0.1, 0.15) is 0 Å². The quantitative estimate of drug-likeness (QED) is 0.234. The van der Waals surface area contributed by atoms with Crippen LogP contribution in [-0.2, 0) is 0 Å². The lowest BCUT2D eigenvalue weighted by molar-refractivity contribution is 3.29. The Bertz CT molecular complexity index is 480. The molecule has 35 heavy (non-hydrogen) atoms. The zero-order valence-electron chi connectivity index (χ0n) is 20.2. The predicted octanol–water partition coefficient (Wildman–Crippen LogP) is -13.3. The van der Waals surface area contributed by atoms with Crippen molar-refractivity contribution in [1.82, 2.24) is 0 Å². The molecule has 0 aromatic heterocycles. The molecule has 0 rings (SSSR count). The molecular weight excluding hydrogens is 378 g/mol. The fourth-order valence-electron chi connectivity index (χ4n) is 5.13. The van der Waals surface area contributed by atoms with Crippen molar-refractivity contribution in [2.45, 2.75) is 0 Å². The standard InChI is InChI=1S/B35/c1-20(2)31(21(3)4)29(32(22(5)6)23(7)8)19-30(33(24(9)10)25(11)12)35(28(17)18)34(26(13)14)27(15)16. The van der Waals surface area contributed by atoms with Crippen LogP contribution in [-0.4, -0.2) is 248 Å². The van der Waals surface area contributed by atoms with E-state index in [0.29, 0.717) is 0 Å². The number of hydrogen-bond acceptors (Lipinski definition) is 0. The maximum Gasteiger partial charge on any atom is 0 e. The molecule has 0 aliphatic rings. The van der Waals surface area contributed by atoms with Crippen molar-refractivity contribution < 1.29 is 0 Å². The Hall–Kier alpha value is 2.27. The van der Waals surface area contributed by atoms with Gasteiger partial charge in [-0.2, -0.15) is 0 Å². The summed E-state index contributed by atoms with van der Waals surface area (Å²) in [5, 5.41) is 0. The Morgan fingerprint density at radius 2 is 0.400 bits per heavy atom. The van der Waals surface area contributed by atoms with Crippen LogP contribution in [0, 0.1) is 0 Å². The Morgan fingerprint density at radius 1 is 0.229 bits per heavy atom. The molecule has 0 fully saturated rings. The maximum atomic E-state index is 6.19.